The topological polar surface area (TPSA) is 107 Å². The minimum atomic E-state index is -3.78. The molecule has 0 spiro atoms. The minimum Gasteiger partial charge on any atom is -0.329 e. The molecule has 0 radical (unpaired) electrons. The summed E-state index contributed by atoms with van der Waals surface area (Å²) in [4.78, 5) is 10.5. The van der Waals surface area contributed by atoms with Gasteiger partial charge in [0.25, 0.3) is 5.69 Å². The number of hydrogen-bond donors (Lipinski definition) is 1. The van der Waals surface area contributed by atoms with Crippen molar-refractivity contribution < 1.29 is 13.3 Å². The highest BCUT2D eigenvalue weighted by Gasteiger charge is 2.34. The smallest absolute Gasteiger partial charge is 0.273 e. The first-order valence-electron chi connectivity index (χ1n) is 7.26. The van der Waals surface area contributed by atoms with Crippen LogP contribution >= 0.6 is 12.4 Å². The summed E-state index contributed by atoms with van der Waals surface area (Å²) in [5.74, 6) is 0. The SMILES string of the molecule is Cc1cc(C)c(S(=O)(=O)N2CCCCC2CN)cc1[N+](=O)[O-].Cl. The van der Waals surface area contributed by atoms with Crippen molar-refractivity contribution in [2.24, 2.45) is 5.73 Å². The minimum absolute atomic E-state index is 0. The van der Waals surface area contributed by atoms with Gasteiger partial charge in [0.05, 0.1) is 9.82 Å². The molecule has 1 heterocycles. The second-order valence-corrected chi connectivity index (χ2v) is 7.52. The van der Waals surface area contributed by atoms with E-state index in [0.717, 1.165) is 19.3 Å². The van der Waals surface area contributed by atoms with Gasteiger partial charge in [-0.3, -0.25) is 10.1 Å². The van der Waals surface area contributed by atoms with Gasteiger partial charge >= 0.3 is 0 Å². The summed E-state index contributed by atoms with van der Waals surface area (Å²) >= 11 is 0. The van der Waals surface area contributed by atoms with E-state index < -0.39 is 14.9 Å². The van der Waals surface area contributed by atoms with E-state index in [1.54, 1.807) is 19.9 Å². The maximum absolute atomic E-state index is 12.9. The van der Waals surface area contributed by atoms with Crippen LogP contribution in [0.3, 0.4) is 0 Å². The first-order chi connectivity index (χ1) is 10.3. The monoisotopic (exact) mass is 363 g/mol. The Kier molecular flexibility index (Phi) is 6.52. The Morgan fingerprint density at radius 2 is 1.96 bits per heavy atom. The lowest BCUT2D eigenvalue weighted by molar-refractivity contribution is -0.385. The van der Waals surface area contributed by atoms with Crippen LogP contribution in [0.5, 0.6) is 0 Å². The number of nitrogens with zero attached hydrogens (tertiary/aromatic N) is 2. The fourth-order valence-corrected chi connectivity index (χ4v) is 4.88. The number of aryl methyl sites for hydroxylation is 2. The number of benzene rings is 1. The molecule has 0 amide bonds. The molecule has 2 N–H and O–H groups in total. The number of nitrogens with two attached hydrogens (primary N) is 1. The Morgan fingerprint density at radius 3 is 2.52 bits per heavy atom. The fraction of sp³-hybridized carbons (Fsp3) is 0.571. The largest absolute Gasteiger partial charge is 0.329 e. The van der Waals surface area contributed by atoms with Gasteiger partial charge in [-0.15, -0.1) is 12.4 Å². The molecule has 0 saturated carbocycles. The van der Waals surface area contributed by atoms with Crippen molar-refractivity contribution in [1.29, 1.82) is 0 Å². The second-order valence-electron chi connectivity index (χ2n) is 5.66. The summed E-state index contributed by atoms with van der Waals surface area (Å²) in [7, 11) is -3.78. The predicted molar refractivity (Wildman–Crippen MR) is 90.4 cm³/mol. The van der Waals surface area contributed by atoms with Gasteiger partial charge in [0.15, 0.2) is 0 Å². The summed E-state index contributed by atoms with van der Waals surface area (Å²) in [5, 5.41) is 11.1. The summed E-state index contributed by atoms with van der Waals surface area (Å²) < 4.78 is 27.2. The molecule has 0 aromatic heterocycles. The Morgan fingerprint density at radius 1 is 1.30 bits per heavy atom. The number of nitro benzene ring substituents is 1. The van der Waals surface area contributed by atoms with Crippen LogP contribution in [0.15, 0.2) is 17.0 Å². The van der Waals surface area contributed by atoms with Gasteiger partial charge < -0.3 is 5.73 Å². The Labute approximate surface area is 142 Å². The summed E-state index contributed by atoms with van der Waals surface area (Å²) in [6, 6.07) is 2.48. The van der Waals surface area contributed by atoms with Gasteiger partial charge in [0.1, 0.15) is 0 Å². The van der Waals surface area contributed by atoms with Gasteiger partial charge in [0, 0.05) is 30.8 Å². The number of piperidine rings is 1. The first kappa shape index (κ1) is 19.8. The molecular formula is C14H22ClN3O4S. The van der Waals surface area contributed by atoms with E-state index in [1.165, 1.54) is 10.4 Å². The van der Waals surface area contributed by atoms with E-state index in [1.807, 2.05) is 0 Å². The highest BCUT2D eigenvalue weighted by Crippen LogP contribution is 2.31. The lowest BCUT2D eigenvalue weighted by Gasteiger charge is -2.34. The van der Waals surface area contributed by atoms with Crippen molar-refractivity contribution in [1.82, 2.24) is 4.31 Å². The Balaban J connectivity index is 0.00000264. The van der Waals surface area contributed by atoms with E-state index in [2.05, 4.69) is 0 Å². The van der Waals surface area contributed by atoms with Crippen molar-refractivity contribution >= 4 is 28.1 Å². The van der Waals surface area contributed by atoms with Crippen molar-refractivity contribution in [2.45, 2.75) is 44.0 Å². The lowest BCUT2D eigenvalue weighted by atomic mass is 10.1. The zero-order chi connectivity index (χ0) is 16.5. The van der Waals surface area contributed by atoms with Crippen LogP contribution in [0.4, 0.5) is 5.69 Å². The van der Waals surface area contributed by atoms with Crippen LogP contribution in [0.25, 0.3) is 0 Å². The van der Waals surface area contributed by atoms with Gasteiger partial charge in [-0.25, -0.2) is 8.42 Å². The van der Waals surface area contributed by atoms with Crippen LogP contribution in [-0.2, 0) is 10.0 Å². The molecule has 1 saturated heterocycles. The summed E-state index contributed by atoms with van der Waals surface area (Å²) in [6.07, 6.45) is 2.45. The molecule has 2 rings (SSSR count). The maximum atomic E-state index is 12.9. The molecule has 0 aliphatic carbocycles. The van der Waals surface area contributed by atoms with E-state index >= 15 is 0 Å². The average molecular weight is 364 g/mol. The number of hydrogen-bond acceptors (Lipinski definition) is 5. The van der Waals surface area contributed by atoms with Crippen LogP contribution in [0, 0.1) is 24.0 Å². The van der Waals surface area contributed by atoms with E-state index in [4.69, 9.17) is 5.73 Å². The van der Waals surface area contributed by atoms with E-state index in [-0.39, 0.29) is 35.6 Å². The molecule has 1 aliphatic heterocycles. The average Bonchev–Trinajstić information content (AvgIpc) is 2.46. The molecule has 1 aromatic carbocycles. The van der Waals surface area contributed by atoms with Gasteiger partial charge in [-0.2, -0.15) is 4.31 Å². The molecule has 23 heavy (non-hydrogen) atoms. The highest BCUT2D eigenvalue weighted by atomic mass is 35.5. The normalized spacial score (nSPS) is 19.2. The number of sulfonamides is 1. The van der Waals surface area contributed by atoms with Crippen molar-refractivity contribution in [2.75, 3.05) is 13.1 Å². The zero-order valence-corrected chi connectivity index (χ0v) is 14.8. The highest BCUT2D eigenvalue weighted by molar-refractivity contribution is 7.89. The molecule has 0 bridgehead atoms. The number of rotatable bonds is 4. The fourth-order valence-electron chi connectivity index (χ4n) is 2.95. The zero-order valence-electron chi connectivity index (χ0n) is 13.2. The molecule has 130 valence electrons. The van der Waals surface area contributed by atoms with Crippen LogP contribution in [0.1, 0.15) is 30.4 Å². The lowest BCUT2D eigenvalue weighted by Crippen LogP contribution is -2.47. The number of halogens is 1. The van der Waals surface area contributed by atoms with Gasteiger partial charge in [-0.05, 0) is 38.3 Å². The molecule has 9 heteroatoms. The van der Waals surface area contributed by atoms with Crippen molar-refractivity contribution in [3.05, 3.63) is 33.4 Å². The standard InChI is InChI=1S/C14H21N3O4S.ClH/c1-10-7-11(2)14(8-13(10)17(18)19)22(20,21)16-6-4-3-5-12(16)9-15;/h7-8,12H,3-6,9,15H2,1-2H3;1H. The van der Waals surface area contributed by atoms with E-state index in [9.17, 15) is 18.5 Å². The Bertz CT molecular complexity index is 694. The van der Waals surface area contributed by atoms with Crippen LogP contribution in [-0.4, -0.2) is 36.8 Å². The van der Waals surface area contributed by atoms with Crippen LogP contribution in [0.2, 0.25) is 0 Å². The predicted octanol–water partition coefficient (Wildman–Crippen LogP) is 2.14. The maximum Gasteiger partial charge on any atom is 0.273 e. The quantitative estimate of drug-likeness (QED) is 0.651. The van der Waals surface area contributed by atoms with Crippen molar-refractivity contribution in [3.63, 3.8) is 0 Å². The second kappa shape index (κ2) is 7.57. The third kappa shape index (κ3) is 3.82. The Hall–Kier alpha value is -1.22. The molecule has 1 fully saturated rings. The van der Waals surface area contributed by atoms with E-state index in [0.29, 0.717) is 17.7 Å². The molecule has 1 atom stereocenters. The third-order valence-corrected chi connectivity index (χ3v) is 6.22. The van der Waals surface area contributed by atoms with Gasteiger partial charge in [0.2, 0.25) is 10.0 Å². The molecule has 1 aromatic rings. The first-order valence-corrected chi connectivity index (χ1v) is 8.70. The van der Waals surface area contributed by atoms with Crippen LogP contribution < -0.4 is 5.73 Å². The molecule has 7 nitrogen and oxygen atoms in total. The van der Waals surface area contributed by atoms with Gasteiger partial charge in [-0.1, -0.05) is 6.42 Å². The third-order valence-electron chi connectivity index (χ3n) is 4.12. The number of nitro groups is 1. The molecular weight excluding hydrogens is 342 g/mol. The van der Waals surface area contributed by atoms with Crippen molar-refractivity contribution in [3.8, 4) is 0 Å². The molecule has 1 unspecified atom stereocenters. The summed E-state index contributed by atoms with van der Waals surface area (Å²) in [5.41, 5.74) is 6.49. The summed E-state index contributed by atoms with van der Waals surface area (Å²) in [6.45, 7) is 3.92. The molecule has 1 aliphatic rings.